The number of esters is 2. The molecule has 0 spiro atoms. The molecule has 1 rings (SSSR count). The van der Waals surface area contributed by atoms with E-state index in [4.69, 9.17) is 9.47 Å². The van der Waals surface area contributed by atoms with E-state index in [0.717, 1.165) is 24.0 Å². The van der Waals surface area contributed by atoms with Gasteiger partial charge in [0.1, 0.15) is 0 Å². The van der Waals surface area contributed by atoms with Gasteiger partial charge in [-0.1, -0.05) is 50.3 Å². The van der Waals surface area contributed by atoms with Crippen molar-refractivity contribution in [3.8, 4) is 0 Å². The zero-order valence-corrected chi connectivity index (χ0v) is 14.6. The van der Waals surface area contributed by atoms with Crippen LogP contribution in [0, 0.1) is 0 Å². The Kier molecular flexibility index (Phi) is 8.55. The summed E-state index contributed by atoms with van der Waals surface area (Å²) < 4.78 is 10.5. The standard InChI is InChI=1S/C20H26O4/c1-5-15(3)11-13-23-19(21)17-9-7-8-10-18(17)20(22)24-14-12-16(4)6-2/h7-10H,3-6,11-14H2,1-2H3. The number of hydrogen-bond acceptors (Lipinski definition) is 4. The first kappa shape index (κ1) is 19.7. The van der Waals surface area contributed by atoms with Gasteiger partial charge in [0.15, 0.2) is 0 Å². The summed E-state index contributed by atoms with van der Waals surface area (Å²) in [6.45, 7) is 12.3. The quantitative estimate of drug-likeness (QED) is 0.460. The van der Waals surface area contributed by atoms with Crippen LogP contribution >= 0.6 is 0 Å². The Morgan fingerprint density at radius 3 is 1.54 bits per heavy atom. The Hall–Kier alpha value is -2.36. The van der Waals surface area contributed by atoms with Gasteiger partial charge in [-0.3, -0.25) is 0 Å². The van der Waals surface area contributed by atoms with Crippen molar-refractivity contribution >= 4 is 11.9 Å². The summed E-state index contributed by atoms with van der Waals surface area (Å²) in [6.07, 6.45) is 2.94. The Bertz CT molecular complexity index is 548. The lowest BCUT2D eigenvalue weighted by Gasteiger charge is -2.10. The second-order valence-electron chi connectivity index (χ2n) is 5.52. The summed E-state index contributed by atoms with van der Waals surface area (Å²) in [5, 5.41) is 0. The van der Waals surface area contributed by atoms with Gasteiger partial charge in [-0.25, -0.2) is 9.59 Å². The average Bonchev–Trinajstić information content (AvgIpc) is 2.60. The lowest BCUT2D eigenvalue weighted by atomic mass is 10.1. The van der Waals surface area contributed by atoms with Crippen molar-refractivity contribution in [3.63, 3.8) is 0 Å². The predicted molar refractivity (Wildman–Crippen MR) is 95.1 cm³/mol. The largest absolute Gasteiger partial charge is 0.462 e. The van der Waals surface area contributed by atoms with Gasteiger partial charge >= 0.3 is 11.9 Å². The number of carbonyl (C=O) groups excluding carboxylic acids is 2. The smallest absolute Gasteiger partial charge is 0.339 e. The lowest BCUT2D eigenvalue weighted by molar-refractivity contribution is 0.0461. The van der Waals surface area contributed by atoms with Crippen molar-refractivity contribution in [1.29, 1.82) is 0 Å². The molecule has 0 radical (unpaired) electrons. The molecule has 0 fully saturated rings. The van der Waals surface area contributed by atoms with Crippen molar-refractivity contribution < 1.29 is 19.1 Å². The van der Waals surface area contributed by atoms with E-state index in [2.05, 4.69) is 13.2 Å². The van der Waals surface area contributed by atoms with E-state index in [0.29, 0.717) is 12.8 Å². The lowest BCUT2D eigenvalue weighted by Crippen LogP contribution is -2.15. The molecule has 0 amide bonds. The van der Waals surface area contributed by atoms with E-state index in [1.807, 2.05) is 13.8 Å². The molecular weight excluding hydrogens is 304 g/mol. The summed E-state index contributed by atoms with van der Waals surface area (Å²) in [6, 6.07) is 6.52. The summed E-state index contributed by atoms with van der Waals surface area (Å²) in [7, 11) is 0. The molecule has 24 heavy (non-hydrogen) atoms. The molecule has 0 aliphatic carbocycles. The zero-order chi connectivity index (χ0) is 17.9. The highest BCUT2D eigenvalue weighted by molar-refractivity contribution is 6.03. The maximum absolute atomic E-state index is 12.2. The highest BCUT2D eigenvalue weighted by Crippen LogP contribution is 2.14. The van der Waals surface area contributed by atoms with E-state index in [1.165, 1.54) is 0 Å². The minimum atomic E-state index is -0.524. The number of ether oxygens (including phenoxy) is 2. The maximum Gasteiger partial charge on any atom is 0.339 e. The fourth-order valence-electron chi connectivity index (χ4n) is 1.92. The number of rotatable bonds is 10. The molecular formula is C20H26O4. The highest BCUT2D eigenvalue weighted by atomic mass is 16.5. The van der Waals surface area contributed by atoms with Gasteiger partial charge in [0, 0.05) is 12.8 Å². The van der Waals surface area contributed by atoms with Gasteiger partial charge in [-0.2, -0.15) is 0 Å². The molecule has 0 aromatic heterocycles. The van der Waals surface area contributed by atoms with E-state index in [1.54, 1.807) is 24.3 Å². The molecule has 0 unspecified atom stereocenters. The maximum atomic E-state index is 12.2. The normalized spacial score (nSPS) is 10.1. The highest BCUT2D eigenvalue weighted by Gasteiger charge is 2.18. The van der Waals surface area contributed by atoms with E-state index in [-0.39, 0.29) is 24.3 Å². The number of hydrogen-bond donors (Lipinski definition) is 0. The molecule has 1 aromatic carbocycles. The third kappa shape index (κ3) is 6.41. The monoisotopic (exact) mass is 330 g/mol. The van der Waals surface area contributed by atoms with Crippen molar-refractivity contribution in [3.05, 3.63) is 59.7 Å². The topological polar surface area (TPSA) is 52.6 Å². The Morgan fingerprint density at radius 2 is 1.21 bits per heavy atom. The van der Waals surface area contributed by atoms with Crippen LogP contribution in [0.25, 0.3) is 0 Å². The van der Waals surface area contributed by atoms with Crippen LogP contribution in [0.15, 0.2) is 48.6 Å². The van der Waals surface area contributed by atoms with Crippen molar-refractivity contribution in [1.82, 2.24) is 0 Å². The molecule has 0 N–H and O–H groups in total. The van der Waals surface area contributed by atoms with Crippen LogP contribution in [0.5, 0.6) is 0 Å². The Morgan fingerprint density at radius 1 is 0.833 bits per heavy atom. The fourth-order valence-corrected chi connectivity index (χ4v) is 1.92. The third-order valence-electron chi connectivity index (χ3n) is 3.74. The predicted octanol–water partition coefficient (Wildman–Crippen LogP) is 4.71. The fraction of sp³-hybridized carbons (Fsp3) is 0.400. The van der Waals surface area contributed by atoms with Crippen LogP contribution in [0.3, 0.4) is 0 Å². The van der Waals surface area contributed by atoms with E-state index in [9.17, 15) is 9.59 Å². The van der Waals surface area contributed by atoms with Crippen LogP contribution in [-0.2, 0) is 9.47 Å². The van der Waals surface area contributed by atoms with Crippen LogP contribution in [0.1, 0.15) is 60.2 Å². The summed E-state index contributed by atoms with van der Waals surface area (Å²) in [4.78, 5) is 24.4. The van der Waals surface area contributed by atoms with Gasteiger partial charge < -0.3 is 9.47 Å². The third-order valence-corrected chi connectivity index (χ3v) is 3.74. The van der Waals surface area contributed by atoms with Crippen LogP contribution in [0.4, 0.5) is 0 Å². The van der Waals surface area contributed by atoms with Crippen molar-refractivity contribution in [2.75, 3.05) is 13.2 Å². The summed E-state index contributed by atoms with van der Waals surface area (Å²) >= 11 is 0. The first-order valence-corrected chi connectivity index (χ1v) is 8.26. The first-order chi connectivity index (χ1) is 11.5. The first-order valence-electron chi connectivity index (χ1n) is 8.26. The van der Waals surface area contributed by atoms with Crippen LogP contribution in [0.2, 0.25) is 0 Å². The summed E-state index contributed by atoms with van der Waals surface area (Å²) in [5.41, 5.74) is 2.48. The minimum Gasteiger partial charge on any atom is -0.462 e. The molecule has 0 heterocycles. The van der Waals surface area contributed by atoms with Gasteiger partial charge in [0.05, 0.1) is 24.3 Å². The molecule has 4 nitrogen and oxygen atoms in total. The number of carbonyl (C=O) groups is 2. The molecule has 0 atom stereocenters. The van der Waals surface area contributed by atoms with E-state index >= 15 is 0 Å². The van der Waals surface area contributed by atoms with Crippen LogP contribution in [-0.4, -0.2) is 25.2 Å². The van der Waals surface area contributed by atoms with E-state index < -0.39 is 11.9 Å². The molecule has 0 aliphatic heterocycles. The summed E-state index contributed by atoms with van der Waals surface area (Å²) in [5.74, 6) is -1.05. The average molecular weight is 330 g/mol. The SMILES string of the molecule is C=C(CC)CCOC(=O)c1ccccc1C(=O)OCCC(=C)CC. The molecule has 0 aliphatic rings. The molecule has 4 heteroatoms. The molecule has 130 valence electrons. The van der Waals surface area contributed by atoms with Gasteiger partial charge in [0.2, 0.25) is 0 Å². The second-order valence-corrected chi connectivity index (χ2v) is 5.52. The van der Waals surface area contributed by atoms with Crippen molar-refractivity contribution in [2.24, 2.45) is 0 Å². The molecule has 0 bridgehead atoms. The Labute approximate surface area is 144 Å². The van der Waals surface area contributed by atoms with Crippen molar-refractivity contribution in [2.45, 2.75) is 39.5 Å². The van der Waals surface area contributed by atoms with Gasteiger partial charge in [-0.05, 0) is 25.0 Å². The van der Waals surface area contributed by atoms with Gasteiger partial charge in [0.25, 0.3) is 0 Å². The van der Waals surface area contributed by atoms with Gasteiger partial charge in [-0.15, -0.1) is 0 Å². The minimum absolute atomic E-state index is 0.221. The second kappa shape index (κ2) is 10.4. The number of benzene rings is 1. The zero-order valence-electron chi connectivity index (χ0n) is 14.6. The molecule has 0 saturated carbocycles. The van der Waals surface area contributed by atoms with Crippen LogP contribution < -0.4 is 0 Å². The molecule has 1 aromatic rings. The Balaban J connectivity index is 2.66. The molecule has 0 saturated heterocycles.